The van der Waals surface area contributed by atoms with Crippen molar-refractivity contribution in [1.29, 1.82) is 0 Å². The Kier molecular flexibility index (Phi) is 10.8. The zero-order valence-corrected chi connectivity index (χ0v) is 10.1. The quantitative estimate of drug-likeness (QED) is 0.667. The van der Waals surface area contributed by atoms with Crippen molar-refractivity contribution in [2.75, 3.05) is 0 Å². The van der Waals surface area contributed by atoms with Gasteiger partial charge in [-0.15, -0.1) is 24.0 Å². The molecule has 0 aliphatic heterocycles. The predicted molar refractivity (Wildman–Crippen MR) is 59.4 cm³/mol. The van der Waals surface area contributed by atoms with Crippen LogP contribution < -0.4 is 0 Å². The van der Waals surface area contributed by atoms with Gasteiger partial charge in [0.25, 0.3) is 0 Å². The summed E-state index contributed by atoms with van der Waals surface area (Å²) in [4.78, 5) is 10.6. The second-order valence-corrected chi connectivity index (χ2v) is 2.59. The van der Waals surface area contributed by atoms with Crippen LogP contribution in [0.15, 0.2) is 0 Å². The molecule has 0 N–H and O–H groups in total. The van der Waals surface area contributed by atoms with Crippen molar-refractivity contribution in [2.24, 2.45) is 5.92 Å². The third-order valence-corrected chi connectivity index (χ3v) is 1.93. The fourth-order valence-corrected chi connectivity index (χ4v) is 1.33. The number of ketones is 1. The highest BCUT2D eigenvalue weighted by Crippen LogP contribution is 2.24. The van der Waals surface area contributed by atoms with Crippen LogP contribution in [0.2, 0.25) is 0 Å². The number of hydrogen-bond donors (Lipinski definition) is 0. The molecule has 11 heavy (non-hydrogen) atoms. The van der Waals surface area contributed by atoms with Gasteiger partial charge in [-0.3, -0.25) is 4.79 Å². The summed E-state index contributed by atoms with van der Waals surface area (Å²) in [5, 5.41) is 0. The smallest absolute Gasteiger partial charge is 0.132 e. The van der Waals surface area contributed by atoms with Gasteiger partial charge in [0.1, 0.15) is 5.78 Å². The van der Waals surface area contributed by atoms with E-state index >= 15 is 0 Å². The number of carbonyl (C=O) groups is 1. The molecule has 0 aromatic heterocycles. The lowest BCUT2D eigenvalue weighted by Gasteiger charge is -1.99. The molecular weight excluding hydrogens is 251 g/mol. The number of hydrogen-bond acceptors (Lipinski definition) is 1. The summed E-state index contributed by atoms with van der Waals surface area (Å²) < 4.78 is 0. The maximum Gasteiger partial charge on any atom is 0.132 e. The highest BCUT2D eigenvalue weighted by atomic mass is 127. The van der Waals surface area contributed by atoms with Crippen LogP contribution in [-0.2, 0) is 4.79 Å². The Labute approximate surface area is 87.0 Å². The molecule has 0 saturated heterocycles. The second kappa shape index (κ2) is 8.50. The SMILES string of the molecule is CC.CC(=O)C1CCCC1.I. The highest BCUT2D eigenvalue weighted by Gasteiger charge is 2.18. The Hall–Kier alpha value is 0.400. The Balaban J connectivity index is 0. The summed E-state index contributed by atoms with van der Waals surface area (Å²) in [6.45, 7) is 5.70. The normalized spacial score (nSPS) is 16.3. The predicted octanol–water partition coefficient (Wildman–Crippen LogP) is 3.41. The van der Waals surface area contributed by atoms with E-state index in [0.717, 1.165) is 12.8 Å². The molecule has 0 radical (unpaired) electrons. The maximum atomic E-state index is 10.6. The molecule has 1 fully saturated rings. The van der Waals surface area contributed by atoms with E-state index in [1.165, 1.54) is 12.8 Å². The Morgan fingerprint density at radius 3 is 1.73 bits per heavy atom. The number of rotatable bonds is 1. The molecule has 1 aliphatic carbocycles. The van der Waals surface area contributed by atoms with Gasteiger partial charge in [0, 0.05) is 5.92 Å². The van der Waals surface area contributed by atoms with Gasteiger partial charge in [-0.2, -0.15) is 0 Å². The molecule has 68 valence electrons. The van der Waals surface area contributed by atoms with E-state index in [-0.39, 0.29) is 24.0 Å². The number of halogens is 1. The topological polar surface area (TPSA) is 17.1 Å². The Bertz CT molecular complexity index is 95.7. The molecule has 1 aliphatic rings. The van der Waals surface area contributed by atoms with Crippen molar-refractivity contribution >= 4 is 29.8 Å². The summed E-state index contributed by atoms with van der Waals surface area (Å²) in [6, 6.07) is 0. The molecule has 0 aromatic carbocycles. The first-order valence-corrected chi connectivity index (χ1v) is 4.31. The lowest BCUT2D eigenvalue weighted by Crippen LogP contribution is -2.04. The summed E-state index contributed by atoms with van der Waals surface area (Å²) in [5.74, 6) is 0.817. The average Bonchev–Trinajstić information content (AvgIpc) is 2.42. The molecule has 0 heterocycles. The third-order valence-electron chi connectivity index (χ3n) is 1.93. The fraction of sp³-hybridized carbons (Fsp3) is 0.889. The first-order chi connectivity index (χ1) is 4.80. The van der Waals surface area contributed by atoms with Gasteiger partial charge < -0.3 is 0 Å². The molecule has 0 aromatic rings. The molecule has 0 amide bonds. The first kappa shape index (κ1) is 14.0. The zero-order valence-electron chi connectivity index (χ0n) is 7.72. The molecule has 0 spiro atoms. The van der Waals surface area contributed by atoms with Crippen LogP contribution in [-0.4, -0.2) is 5.78 Å². The summed E-state index contributed by atoms with van der Waals surface area (Å²) in [7, 11) is 0. The molecule has 1 nitrogen and oxygen atoms in total. The molecule has 0 bridgehead atoms. The zero-order chi connectivity index (χ0) is 7.98. The van der Waals surface area contributed by atoms with Gasteiger partial charge in [0.05, 0.1) is 0 Å². The van der Waals surface area contributed by atoms with Crippen molar-refractivity contribution in [3.8, 4) is 0 Å². The van der Waals surface area contributed by atoms with Crippen molar-refractivity contribution in [3.05, 3.63) is 0 Å². The van der Waals surface area contributed by atoms with Gasteiger partial charge in [0.2, 0.25) is 0 Å². The van der Waals surface area contributed by atoms with Crippen LogP contribution in [0.5, 0.6) is 0 Å². The van der Waals surface area contributed by atoms with Gasteiger partial charge in [-0.1, -0.05) is 26.7 Å². The van der Waals surface area contributed by atoms with Crippen molar-refractivity contribution in [3.63, 3.8) is 0 Å². The molecule has 1 saturated carbocycles. The van der Waals surface area contributed by atoms with Crippen molar-refractivity contribution < 1.29 is 4.79 Å². The van der Waals surface area contributed by atoms with Crippen LogP contribution in [0.3, 0.4) is 0 Å². The maximum absolute atomic E-state index is 10.6. The van der Waals surface area contributed by atoms with Gasteiger partial charge in [0.15, 0.2) is 0 Å². The van der Waals surface area contributed by atoms with Gasteiger partial charge >= 0.3 is 0 Å². The second-order valence-electron chi connectivity index (χ2n) is 2.59. The Morgan fingerprint density at radius 2 is 1.55 bits per heavy atom. The van der Waals surface area contributed by atoms with E-state index in [9.17, 15) is 4.79 Å². The minimum atomic E-state index is 0. The van der Waals surface area contributed by atoms with Crippen LogP contribution in [0.1, 0.15) is 46.5 Å². The van der Waals surface area contributed by atoms with Crippen LogP contribution in [0.25, 0.3) is 0 Å². The summed E-state index contributed by atoms with van der Waals surface area (Å²) >= 11 is 0. The van der Waals surface area contributed by atoms with Crippen LogP contribution >= 0.6 is 24.0 Å². The molecule has 0 unspecified atom stereocenters. The third kappa shape index (κ3) is 5.65. The highest BCUT2D eigenvalue weighted by molar-refractivity contribution is 14.0. The van der Waals surface area contributed by atoms with Crippen LogP contribution in [0, 0.1) is 5.92 Å². The minimum Gasteiger partial charge on any atom is -0.300 e. The van der Waals surface area contributed by atoms with Crippen LogP contribution in [0.4, 0.5) is 0 Å². The lowest BCUT2D eigenvalue weighted by molar-refractivity contribution is -0.120. The van der Waals surface area contributed by atoms with E-state index in [1.807, 2.05) is 13.8 Å². The van der Waals surface area contributed by atoms with E-state index in [1.54, 1.807) is 6.92 Å². The Morgan fingerprint density at radius 1 is 1.18 bits per heavy atom. The average molecular weight is 270 g/mol. The van der Waals surface area contributed by atoms with E-state index in [0.29, 0.717) is 11.7 Å². The summed E-state index contributed by atoms with van der Waals surface area (Å²) in [6.07, 6.45) is 4.83. The monoisotopic (exact) mass is 270 g/mol. The first-order valence-electron chi connectivity index (χ1n) is 4.31. The minimum absolute atomic E-state index is 0. The molecular formula is C9H19IO. The van der Waals surface area contributed by atoms with E-state index < -0.39 is 0 Å². The van der Waals surface area contributed by atoms with Crippen molar-refractivity contribution in [1.82, 2.24) is 0 Å². The molecule has 1 rings (SSSR count). The molecule has 0 atom stereocenters. The van der Waals surface area contributed by atoms with E-state index in [4.69, 9.17) is 0 Å². The van der Waals surface area contributed by atoms with Gasteiger partial charge in [-0.25, -0.2) is 0 Å². The van der Waals surface area contributed by atoms with Gasteiger partial charge in [-0.05, 0) is 19.8 Å². The number of carbonyl (C=O) groups excluding carboxylic acids is 1. The summed E-state index contributed by atoms with van der Waals surface area (Å²) in [5.41, 5.74) is 0. The largest absolute Gasteiger partial charge is 0.300 e. The molecule has 2 heteroatoms. The van der Waals surface area contributed by atoms with E-state index in [2.05, 4.69) is 0 Å². The standard InChI is InChI=1S/C7H12O.C2H6.HI/c1-6(8)7-4-2-3-5-7;1-2;/h7H,2-5H2,1H3;1-2H3;1H. The number of Topliss-reactive ketones (excluding diaryl/α,β-unsaturated/α-hetero) is 1. The lowest BCUT2D eigenvalue weighted by atomic mass is 10.0. The fourth-order valence-electron chi connectivity index (χ4n) is 1.33. The van der Waals surface area contributed by atoms with Crippen molar-refractivity contribution in [2.45, 2.75) is 46.5 Å².